The molecule has 0 aliphatic carbocycles. The lowest BCUT2D eigenvalue weighted by Crippen LogP contribution is -2.05. The van der Waals surface area contributed by atoms with Crippen LogP contribution in [0.4, 0.5) is 4.39 Å². The van der Waals surface area contributed by atoms with E-state index in [9.17, 15) is 4.39 Å². The van der Waals surface area contributed by atoms with Crippen molar-refractivity contribution in [2.45, 2.75) is 13.2 Å². The summed E-state index contributed by atoms with van der Waals surface area (Å²) in [5.41, 5.74) is 2.03. The Morgan fingerprint density at radius 1 is 1.00 bits per heavy atom. The fourth-order valence-electron chi connectivity index (χ4n) is 1.89. The van der Waals surface area contributed by atoms with Gasteiger partial charge < -0.3 is 14.8 Å². The molecular weight excluding hydrogens is 257 g/mol. The van der Waals surface area contributed by atoms with Crippen LogP contribution in [0.25, 0.3) is 0 Å². The van der Waals surface area contributed by atoms with Gasteiger partial charge in [-0.15, -0.1) is 0 Å². The maximum atomic E-state index is 12.8. The van der Waals surface area contributed by atoms with E-state index in [0.717, 1.165) is 17.7 Å². The Hall–Kier alpha value is -2.07. The van der Waals surface area contributed by atoms with Gasteiger partial charge in [-0.3, -0.25) is 0 Å². The topological polar surface area (TPSA) is 30.5 Å². The van der Waals surface area contributed by atoms with Crippen molar-refractivity contribution in [3.8, 4) is 11.5 Å². The van der Waals surface area contributed by atoms with Crippen LogP contribution in [-0.4, -0.2) is 14.2 Å². The molecule has 0 radical (unpaired) electrons. The molecule has 20 heavy (non-hydrogen) atoms. The molecule has 0 aliphatic rings. The molecule has 0 bridgehead atoms. The predicted molar refractivity (Wildman–Crippen MR) is 76.5 cm³/mol. The molecule has 106 valence electrons. The fraction of sp³-hybridized carbons (Fsp3) is 0.250. The van der Waals surface area contributed by atoms with E-state index in [1.807, 2.05) is 25.2 Å². The SMILES string of the molecule is CNCc1ccc(OCc2ccc(F)cc2)c(OC)c1. The number of hydrogen-bond acceptors (Lipinski definition) is 3. The zero-order chi connectivity index (χ0) is 14.4. The molecule has 0 heterocycles. The minimum atomic E-state index is -0.247. The van der Waals surface area contributed by atoms with Gasteiger partial charge in [-0.1, -0.05) is 18.2 Å². The predicted octanol–water partition coefficient (Wildman–Crippen LogP) is 3.13. The zero-order valence-corrected chi connectivity index (χ0v) is 11.7. The summed E-state index contributed by atoms with van der Waals surface area (Å²) in [6.07, 6.45) is 0. The summed E-state index contributed by atoms with van der Waals surface area (Å²) in [5.74, 6) is 1.12. The highest BCUT2D eigenvalue weighted by molar-refractivity contribution is 5.43. The minimum Gasteiger partial charge on any atom is -0.493 e. The average Bonchev–Trinajstić information content (AvgIpc) is 2.47. The Balaban J connectivity index is 2.06. The van der Waals surface area contributed by atoms with Crippen molar-refractivity contribution in [2.24, 2.45) is 0 Å². The third kappa shape index (κ3) is 3.71. The molecule has 0 atom stereocenters. The van der Waals surface area contributed by atoms with Gasteiger partial charge in [-0.05, 0) is 42.4 Å². The summed E-state index contributed by atoms with van der Waals surface area (Å²) in [4.78, 5) is 0. The summed E-state index contributed by atoms with van der Waals surface area (Å²) in [6, 6.07) is 12.1. The second-order valence-electron chi connectivity index (χ2n) is 4.43. The van der Waals surface area contributed by atoms with Gasteiger partial charge in [0.15, 0.2) is 11.5 Å². The highest BCUT2D eigenvalue weighted by Crippen LogP contribution is 2.28. The zero-order valence-electron chi connectivity index (χ0n) is 11.7. The van der Waals surface area contributed by atoms with Crippen molar-refractivity contribution in [1.29, 1.82) is 0 Å². The van der Waals surface area contributed by atoms with Gasteiger partial charge in [0.2, 0.25) is 0 Å². The quantitative estimate of drug-likeness (QED) is 0.878. The number of halogens is 1. The van der Waals surface area contributed by atoms with Crippen LogP contribution in [0, 0.1) is 5.82 Å². The Bertz CT molecular complexity index is 555. The number of benzene rings is 2. The van der Waals surface area contributed by atoms with Crippen LogP contribution in [0.3, 0.4) is 0 Å². The lowest BCUT2D eigenvalue weighted by Gasteiger charge is -2.12. The molecule has 0 spiro atoms. The van der Waals surface area contributed by atoms with Crippen molar-refractivity contribution < 1.29 is 13.9 Å². The van der Waals surface area contributed by atoms with Crippen molar-refractivity contribution >= 4 is 0 Å². The third-order valence-electron chi connectivity index (χ3n) is 2.92. The Morgan fingerprint density at radius 3 is 2.35 bits per heavy atom. The van der Waals surface area contributed by atoms with Crippen LogP contribution in [0.1, 0.15) is 11.1 Å². The van der Waals surface area contributed by atoms with E-state index in [1.165, 1.54) is 12.1 Å². The summed E-state index contributed by atoms with van der Waals surface area (Å²) < 4.78 is 23.9. The fourth-order valence-corrected chi connectivity index (χ4v) is 1.89. The number of methoxy groups -OCH3 is 1. The van der Waals surface area contributed by atoms with Crippen LogP contribution in [0.15, 0.2) is 42.5 Å². The minimum absolute atomic E-state index is 0.247. The standard InChI is InChI=1S/C16H18FNO2/c1-18-10-13-5-8-15(16(9-13)19-2)20-11-12-3-6-14(17)7-4-12/h3-9,18H,10-11H2,1-2H3. The first kappa shape index (κ1) is 14.3. The maximum absolute atomic E-state index is 12.8. The molecule has 2 rings (SSSR count). The molecule has 0 saturated heterocycles. The highest BCUT2D eigenvalue weighted by Gasteiger charge is 2.06. The monoisotopic (exact) mass is 275 g/mol. The molecule has 1 N–H and O–H groups in total. The smallest absolute Gasteiger partial charge is 0.161 e. The van der Waals surface area contributed by atoms with Crippen LogP contribution in [-0.2, 0) is 13.2 Å². The summed E-state index contributed by atoms with van der Waals surface area (Å²) in [7, 11) is 3.51. The number of rotatable bonds is 6. The largest absolute Gasteiger partial charge is 0.493 e. The van der Waals surface area contributed by atoms with E-state index in [4.69, 9.17) is 9.47 Å². The molecular formula is C16H18FNO2. The second kappa shape index (κ2) is 6.91. The molecule has 0 aromatic heterocycles. The highest BCUT2D eigenvalue weighted by atomic mass is 19.1. The van der Waals surface area contributed by atoms with E-state index in [2.05, 4.69) is 5.32 Å². The normalized spacial score (nSPS) is 10.3. The van der Waals surface area contributed by atoms with Gasteiger partial charge in [0, 0.05) is 6.54 Å². The Morgan fingerprint density at radius 2 is 1.70 bits per heavy atom. The van der Waals surface area contributed by atoms with Crippen molar-refractivity contribution in [2.75, 3.05) is 14.2 Å². The molecule has 2 aromatic rings. The van der Waals surface area contributed by atoms with E-state index >= 15 is 0 Å². The van der Waals surface area contributed by atoms with Crippen molar-refractivity contribution in [3.05, 3.63) is 59.4 Å². The maximum Gasteiger partial charge on any atom is 0.161 e. The van der Waals surface area contributed by atoms with Gasteiger partial charge >= 0.3 is 0 Å². The van der Waals surface area contributed by atoms with E-state index < -0.39 is 0 Å². The lowest BCUT2D eigenvalue weighted by atomic mass is 10.2. The Labute approximate surface area is 118 Å². The van der Waals surface area contributed by atoms with Gasteiger partial charge in [0.1, 0.15) is 12.4 Å². The van der Waals surface area contributed by atoms with E-state index in [1.54, 1.807) is 19.2 Å². The molecule has 4 heteroatoms. The second-order valence-corrected chi connectivity index (χ2v) is 4.43. The van der Waals surface area contributed by atoms with Crippen LogP contribution in [0.5, 0.6) is 11.5 Å². The average molecular weight is 275 g/mol. The van der Waals surface area contributed by atoms with Gasteiger partial charge in [0.25, 0.3) is 0 Å². The van der Waals surface area contributed by atoms with E-state index in [0.29, 0.717) is 18.1 Å². The third-order valence-corrected chi connectivity index (χ3v) is 2.92. The molecule has 0 amide bonds. The summed E-state index contributed by atoms with van der Waals surface area (Å²) in [6.45, 7) is 1.15. The Kier molecular flexibility index (Phi) is 4.96. The molecule has 0 fully saturated rings. The molecule has 3 nitrogen and oxygen atoms in total. The van der Waals surface area contributed by atoms with Crippen LogP contribution in [0.2, 0.25) is 0 Å². The summed E-state index contributed by atoms with van der Waals surface area (Å²) in [5, 5.41) is 3.09. The van der Waals surface area contributed by atoms with Crippen LogP contribution < -0.4 is 14.8 Å². The molecule has 0 unspecified atom stereocenters. The van der Waals surface area contributed by atoms with E-state index in [-0.39, 0.29) is 5.82 Å². The molecule has 0 aliphatic heterocycles. The summed E-state index contributed by atoms with van der Waals surface area (Å²) >= 11 is 0. The van der Waals surface area contributed by atoms with Crippen molar-refractivity contribution in [1.82, 2.24) is 5.32 Å². The van der Waals surface area contributed by atoms with Gasteiger partial charge in [0.05, 0.1) is 7.11 Å². The molecule has 0 saturated carbocycles. The first-order valence-corrected chi connectivity index (χ1v) is 6.41. The van der Waals surface area contributed by atoms with Crippen LogP contribution >= 0.6 is 0 Å². The van der Waals surface area contributed by atoms with Crippen molar-refractivity contribution in [3.63, 3.8) is 0 Å². The lowest BCUT2D eigenvalue weighted by molar-refractivity contribution is 0.284. The van der Waals surface area contributed by atoms with Gasteiger partial charge in [-0.2, -0.15) is 0 Å². The number of nitrogens with one attached hydrogen (secondary N) is 1. The first-order chi connectivity index (χ1) is 9.72. The molecule has 2 aromatic carbocycles. The first-order valence-electron chi connectivity index (χ1n) is 6.41. The number of ether oxygens (including phenoxy) is 2. The van der Waals surface area contributed by atoms with Gasteiger partial charge in [-0.25, -0.2) is 4.39 Å². The number of hydrogen-bond donors (Lipinski definition) is 1.